The van der Waals surface area contributed by atoms with E-state index >= 15 is 0 Å². The van der Waals surface area contributed by atoms with Crippen molar-refractivity contribution in [3.05, 3.63) is 24.4 Å². The Morgan fingerprint density at radius 3 is 2.68 bits per heavy atom. The molecule has 0 amide bonds. The van der Waals surface area contributed by atoms with Gasteiger partial charge in [-0.2, -0.15) is 0 Å². The number of aromatic nitrogens is 1. The van der Waals surface area contributed by atoms with Crippen LogP contribution in [0.4, 0.5) is 5.82 Å². The molecule has 4 nitrogen and oxygen atoms in total. The number of nitrogens with zero attached hydrogens (tertiary/aromatic N) is 1. The molecular weight excluding hydrogens is 240 g/mol. The van der Waals surface area contributed by atoms with Gasteiger partial charge in [-0.05, 0) is 36.4 Å². The quantitative estimate of drug-likeness (QED) is 0.910. The third-order valence-electron chi connectivity index (χ3n) is 3.58. The maximum absolute atomic E-state index is 5.44. The second-order valence-corrected chi connectivity index (χ2v) is 4.74. The summed E-state index contributed by atoms with van der Waals surface area (Å²) in [6, 6.07) is 6.46. The van der Waals surface area contributed by atoms with E-state index in [0.29, 0.717) is 12.8 Å². The van der Waals surface area contributed by atoms with E-state index in [1.165, 1.54) is 0 Å². The molecule has 1 aliphatic rings. The third-order valence-corrected chi connectivity index (χ3v) is 3.58. The number of hydrogen-bond donors (Lipinski definition) is 1. The van der Waals surface area contributed by atoms with Crippen LogP contribution in [0.15, 0.2) is 24.4 Å². The Balaban J connectivity index is 2.04. The van der Waals surface area contributed by atoms with Gasteiger partial charge in [0.05, 0.1) is 0 Å². The highest BCUT2D eigenvalue weighted by Crippen LogP contribution is 2.37. The first-order valence-corrected chi connectivity index (χ1v) is 6.76. The number of anilines is 1. The Hall–Kier alpha value is -1.97. The van der Waals surface area contributed by atoms with Gasteiger partial charge in [0.2, 0.25) is 6.79 Å². The van der Waals surface area contributed by atoms with Gasteiger partial charge >= 0.3 is 0 Å². The van der Waals surface area contributed by atoms with Gasteiger partial charge in [-0.15, -0.1) is 0 Å². The Labute approximate surface area is 112 Å². The smallest absolute Gasteiger partial charge is 0.231 e. The highest BCUT2D eigenvalue weighted by atomic mass is 16.7. The van der Waals surface area contributed by atoms with Gasteiger partial charge in [0.25, 0.3) is 0 Å². The molecule has 100 valence electrons. The highest BCUT2D eigenvalue weighted by Gasteiger charge is 2.16. The van der Waals surface area contributed by atoms with E-state index in [2.05, 4.69) is 24.1 Å². The van der Waals surface area contributed by atoms with Gasteiger partial charge in [0, 0.05) is 17.6 Å². The molecule has 0 unspecified atom stereocenters. The Bertz CT molecular complexity index is 594. The first kappa shape index (κ1) is 12.1. The summed E-state index contributed by atoms with van der Waals surface area (Å²) in [5.41, 5.74) is 0. The number of fused-ring (bicyclic) bond motifs is 2. The summed E-state index contributed by atoms with van der Waals surface area (Å²) in [6.45, 7) is 4.66. The van der Waals surface area contributed by atoms with Crippen LogP contribution in [-0.4, -0.2) is 17.8 Å². The van der Waals surface area contributed by atoms with Crippen molar-refractivity contribution in [1.82, 2.24) is 4.98 Å². The Morgan fingerprint density at radius 2 is 1.95 bits per heavy atom. The molecule has 19 heavy (non-hydrogen) atoms. The normalized spacial score (nSPS) is 13.2. The minimum absolute atomic E-state index is 0.300. The largest absolute Gasteiger partial charge is 0.454 e. The van der Waals surface area contributed by atoms with Crippen molar-refractivity contribution in [3.63, 3.8) is 0 Å². The third kappa shape index (κ3) is 2.18. The number of nitrogens with one attached hydrogen (secondary N) is 1. The molecule has 0 radical (unpaired) electrons. The SMILES string of the molecule is CCC(CC)Nc1nccc2cc3c(cc12)OCO3. The van der Waals surface area contributed by atoms with Crippen LogP contribution in [0.1, 0.15) is 26.7 Å². The molecule has 0 saturated heterocycles. The molecule has 0 aliphatic carbocycles. The van der Waals surface area contributed by atoms with E-state index in [1.807, 2.05) is 24.4 Å². The van der Waals surface area contributed by atoms with Crippen LogP contribution in [0.25, 0.3) is 10.8 Å². The van der Waals surface area contributed by atoms with Crippen LogP contribution in [0.3, 0.4) is 0 Å². The minimum atomic E-state index is 0.300. The van der Waals surface area contributed by atoms with Crippen molar-refractivity contribution in [3.8, 4) is 11.5 Å². The van der Waals surface area contributed by atoms with Gasteiger partial charge in [-0.25, -0.2) is 4.98 Å². The predicted molar refractivity (Wildman–Crippen MR) is 75.9 cm³/mol. The van der Waals surface area contributed by atoms with Crippen LogP contribution in [0, 0.1) is 0 Å². The van der Waals surface area contributed by atoms with E-state index in [9.17, 15) is 0 Å². The molecule has 0 fully saturated rings. The average Bonchev–Trinajstić information content (AvgIpc) is 2.89. The molecular formula is C15H18N2O2. The lowest BCUT2D eigenvalue weighted by atomic mass is 10.1. The van der Waals surface area contributed by atoms with Crippen molar-refractivity contribution in [2.24, 2.45) is 0 Å². The molecule has 0 saturated carbocycles. The van der Waals surface area contributed by atoms with E-state index in [4.69, 9.17) is 9.47 Å². The zero-order valence-corrected chi connectivity index (χ0v) is 11.3. The molecule has 2 aromatic rings. The van der Waals surface area contributed by atoms with Gasteiger partial charge < -0.3 is 14.8 Å². The standard InChI is InChI=1S/C15H18N2O2/c1-3-11(4-2)17-15-12-8-14-13(18-9-19-14)7-10(12)5-6-16-15/h5-8,11H,3-4,9H2,1-2H3,(H,16,17). The average molecular weight is 258 g/mol. The Morgan fingerprint density at radius 1 is 1.21 bits per heavy atom. The van der Waals surface area contributed by atoms with Crippen LogP contribution < -0.4 is 14.8 Å². The first-order chi connectivity index (χ1) is 9.31. The number of ether oxygens (including phenoxy) is 2. The van der Waals surface area contributed by atoms with Crippen molar-refractivity contribution in [2.45, 2.75) is 32.7 Å². The summed E-state index contributed by atoms with van der Waals surface area (Å²) < 4.78 is 10.8. The fraction of sp³-hybridized carbons (Fsp3) is 0.400. The molecule has 1 aromatic heterocycles. The monoisotopic (exact) mass is 258 g/mol. The fourth-order valence-electron chi connectivity index (χ4n) is 2.36. The molecule has 1 aromatic carbocycles. The van der Waals surface area contributed by atoms with Crippen LogP contribution in [0.2, 0.25) is 0 Å². The zero-order chi connectivity index (χ0) is 13.2. The second kappa shape index (κ2) is 4.96. The van der Waals surface area contributed by atoms with E-state index in [1.54, 1.807) is 0 Å². The van der Waals surface area contributed by atoms with Gasteiger partial charge in [0.15, 0.2) is 11.5 Å². The van der Waals surface area contributed by atoms with Gasteiger partial charge in [0.1, 0.15) is 5.82 Å². The lowest BCUT2D eigenvalue weighted by Gasteiger charge is -2.17. The molecule has 0 bridgehead atoms. The van der Waals surface area contributed by atoms with Crippen molar-refractivity contribution >= 4 is 16.6 Å². The predicted octanol–water partition coefficient (Wildman–Crippen LogP) is 3.56. The van der Waals surface area contributed by atoms with Crippen LogP contribution in [-0.2, 0) is 0 Å². The summed E-state index contributed by atoms with van der Waals surface area (Å²) in [5.74, 6) is 2.53. The van der Waals surface area contributed by atoms with Gasteiger partial charge in [-0.1, -0.05) is 13.8 Å². The number of rotatable bonds is 4. The number of benzene rings is 1. The summed E-state index contributed by atoms with van der Waals surface area (Å²) in [4.78, 5) is 4.46. The summed E-state index contributed by atoms with van der Waals surface area (Å²) >= 11 is 0. The Kier molecular flexibility index (Phi) is 3.15. The zero-order valence-electron chi connectivity index (χ0n) is 11.3. The highest BCUT2D eigenvalue weighted by molar-refractivity contribution is 5.94. The van der Waals surface area contributed by atoms with E-state index in [-0.39, 0.29) is 0 Å². The van der Waals surface area contributed by atoms with E-state index in [0.717, 1.165) is 40.9 Å². The van der Waals surface area contributed by atoms with Crippen molar-refractivity contribution in [1.29, 1.82) is 0 Å². The fourth-order valence-corrected chi connectivity index (χ4v) is 2.36. The molecule has 2 heterocycles. The maximum atomic E-state index is 5.44. The first-order valence-electron chi connectivity index (χ1n) is 6.76. The molecule has 3 rings (SSSR count). The molecule has 1 aliphatic heterocycles. The second-order valence-electron chi connectivity index (χ2n) is 4.74. The minimum Gasteiger partial charge on any atom is -0.454 e. The van der Waals surface area contributed by atoms with Gasteiger partial charge in [-0.3, -0.25) is 0 Å². The molecule has 4 heteroatoms. The summed E-state index contributed by atoms with van der Waals surface area (Å²) in [6.07, 6.45) is 3.99. The van der Waals surface area contributed by atoms with E-state index < -0.39 is 0 Å². The summed E-state index contributed by atoms with van der Waals surface area (Å²) in [7, 11) is 0. The van der Waals surface area contributed by atoms with Crippen molar-refractivity contribution < 1.29 is 9.47 Å². The van der Waals surface area contributed by atoms with Crippen molar-refractivity contribution in [2.75, 3.05) is 12.1 Å². The molecule has 0 atom stereocenters. The summed E-state index contributed by atoms with van der Waals surface area (Å²) in [5, 5.41) is 5.71. The molecule has 1 N–H and O–H groups in total. The van der Waals surface area contributed by atoms with Crippen LogP contribution >= 0.6 is 0 Å². The maximum Gasteiger partial charge on any atom is 0.231 e. The van der Waals surface area contributed by atoms with Crippen LogP contribution in [0.5, 0.6) is 11.5 Å². The number of pyridine rings is 1. The lowest BCUT2D eigenvalue weighted by molar-refractivity contribution is 0.174. The topological polar surface area (TPSA) is 43.4 Å². The number of hydrogen-bond acceptors (Lipinski definition) is 4. The molecule has 0 spiro atoms. The lowest BCUT2D eigenvalue weighted by Crippen LogP contribution is -2.17.